The molecule has 1 aromatic carbocycles. The lowest BCUT2D eigenvalue weighted by Gasteiger charge is -2.07. The molecule has 1 rings (SSSR count). The quantitative estimate of drug-likeness (QED) is 0.604. The van der Waals surface area contributed by atoms with Crippen LogP contribution in [-0.2, 0) is 4.79 Å². The van der Waals surface area contributed by atoms with Crippen LogP contribution in [0.15, 0.2) is 24.3 Å². The Labute approximate surface area is 89.3 Å². The fourth-order valence-electron chi connectivity index (χ4n) is 1.28. The summed E-state index contributed by atoms with van der Waals surface area (Å²) in [7, 11) is 0. The molecule has 3 heteroatoms. The summed E-state index contributed by atoms with van der Waals surface area (Å²) in [5.41, 5.74) is 6.64. The number of nitrogen functional groups attached to an aromatic ring is 1. The van der Waals surface area contributed by atoms with E-state index in [0.29, 0.717) is 11.3 Å². The summed E-state index contributed by atoms with van der Waals surface area (Å²) in [6.45, 7) is 3.24. The lowest BCUT2D eigenvalue weighted by Crippen LogP contribution is -2.13. The smallest absolute Gasteiger partial charge is 0.165 e. The molecule has 2 N–H and O–H groups in total. The molecule has 0 aliphatic carbocycles. The molecule has 0 heterocycles. The highest BCUT2D eigenvalue weighted by Gasteiger charge is 2.15. The second-order valence-corrected chi connectivity index (χ2v) is 3.73. The highest BCUT2D eigenvalue weighted by molar-refractivity contribution is 6.02. The standard InChI is InChI=1S/C12H15NO2/c1-8(9(2)14)7-12(15)10-5-3-4-6-11(10)13/h3-6,8H,7,13H2,1-2H3. The molecular formula is C12H15NO2. The molecule has 0 aliphatic rings. The molecule has 0 aromatic heterocycles. The number of para-hydroxylation sites is 1. The number of nitrogens with two attached hydrogens (primary N) is 1. The molecule has 80 valence electrons. The van der Waals surface area contributed by atoms with Crippen molar-refractivity contribution in [2.75, 3.05) is 5.73 Å². The van der Waals surface area contributed by atoms with E-state index in [4.69, 9.17) is 5.73 Å². The van der Waals surface area contributed by atoms with Gasteiger partial charge in [-0.25, -0.2) is 0 Å². The second kappa shape index (κ2) is 4.73. The number of rotatable bonds is 4. The van der Waals surface area contributed by atoms with Crippen molar-refractivity contribution in [3.63, 3.8) is 0 Å². The van der Waals surface area contributed by atoms with Gasteiger partial charge in [-0.1, -0.05) is 19.1 Å². The number of carbonyl (C=O) groups is 2. The normalized spacial score (nSPS) is 12.1. The van der Waals surface area contributed by atoms with E-state index in [0.717, 1.165) is 0 Å². The minimum absolute atomic E-state index is 0.0258. The minimum Gasteiger partial charge on any atom is -0.398 e. The number of hydrogen-bond donors (Lipinski definition) is 1. The van der Waals surface area contributed by atoms with E-state index < -0.39 is 0 Å². The molecule has 0 aliphatic heterocycles. The topological polar surface area (TPSA) is 60.2 Å². The van der Waals surface area contributed by atoms with Crippen LogP contribution < -0.4 is 5.73 Å². The molecule has 0 saturated carbocycles. The van der Waals surface area contributed by atoms with E-state index in [2.05, 4.69) is 0 Å². The van der Waals surface area contributed by atoms with Crippen LogP contribution in [0.5, 0.6) is 0 Å². The summed E-state index contributed by atoms with van der Waals surface area (Å²) in [6.07, 6.45) is 0.226. The maximum Gasteiger partial charge on any atom is 0.165 e. The Bertz CT molecular complexity index is 385. The van der Waals surface area contributed by atoms with Gasteiger partial charge in [0.1, 0.15) is 5.78 Å². The van der Waals surface area contributed by atoms with E-state index in [1.54, 1.807) is 31.2 Å². The fraction of sp³-hybridized carbons (Fsp3) is 0.333. The Hall–Kier alpha value is -1.64. The third-order valence-electron chi connectivity index (χ3n) is 2.45. The van der Waals surface area contributed by atoms with Crippen LogP contribution in [0.3, 0.4) is 0 Å². The molecule has 3 nitrogen and oxygen atoms in total. The minimum atomic E-state index is -0.239. The Morgan fingerprint density at radius 1 is 1.33 bits per heavy atom. The summed E-state index contributed by atoms with van der Waals surface area (Å²) in [4.78, 5) is 22.8. The van der Waals surface area contributed by atoms with Gasteiger partial charge in [0.25, 0.3) is 0 Å². The first kappa shape index (κ1) is 11.4. The zero-order valence-electron chi connectivity index (χ0n) is 8.99. The fourth-order valence-corrected chi connectivity index (χ4v) is 1.28. The van der Waals surface area contributed by atoms with Gasteiger partial charge in [0.2, 0.25) is 0 Å². The summed E-state index contributed by atoms with van der Waals surface area (Å²) in [5.74, 6) is -0.286. The zero-order valence-corrected chi connectivity index (χ0v) is 8.99. The monoisotopic (exact) mass is 205 g/mol. The maximum absolute atomic E-state index is 11.7. The van der Waals surface area contributed by atoms with Crippen LogP contribution in [0.4, 0.5) is 5.69 Å². The highest BCUT2D eigenvalue weighted by atomic mass is 16.1. The van der Waals surface area contributed by atoms with Gasteiger partial charge in [0.15, 0.2) is 5.78 Å². The van der Waals surface area contributed by atoms with Crippen molar-refractivity contribution in [2.45, 2.75) is 20.3 Å². The van der Waals surface area contributed by atoms with Crippen LogP contribution >= 0.6 is 0 Å². The lowest BCUT2D eigenvalue weighted by atomic mass is 9.96. The van der Waals surface area contributed by atoms with Gasteiger partial charge in [0.05, 0.1) is 0 Å². The van der Waals surface area contributed by atoms with Crippen molar-refractivity contribution in [3.8, 4) is 0 Å². The highest BCUT2D eigenvalue weighted by Crippen LogP contribution is 2.16. The first-order chi connectivity index (χ1) is 7.02. The first-order valence-electron chi connectivity index (χ1n) is 4.90. The number of benzene rings is 1. The van der Waals surface area contributed by atoms with Crippen LogP contribution in [0, 0.1) is 5.92 Å². The van der Waals surface area contributed by atoms with E-state index in [-0.39, 0.29) is 23.9 Å². The molecule has 0 saturated heterocycles. The summed E-state index contributed by atoms with van der Waals surface area (Å²) < 4.78 is 0. The molecule has 0 bridgehead atoms. The Kier molecular flexibility index (Phi) is 3.61. The van der Waals surface area contributed by atoms with E-state index in [9.17, 15) is 9.59 Å². The van der Waals surface area contributed by atoms with Gasteiger partial charge in [-0.15, -0.1) is 0 Å². The zero-order chi connectivity index (χ0) is 11.4. The van der Waals surface area contributed by atoms with Crippen LogP contribution in [0.1, 0.15) is 30.6 Å². The van der Waals surface area contributed by atoms with E-state index >= 15 is 0 Å². The number of ketones is 2. The van der Waals surface area contributed by atoms with Crippen LogP contribution in [-0.4, -0.2) is 11.6 Å². The van der Waals surface area contributed by atoms with E-state index in [1.165, 1.54) is 6.92 Å². The van der Waals surface area contributed by atoms with Crippen molar-refractivity contribution in [2.24, 2.45) is 5.92 Å². The summed E-state index contributed by atoms with van der Waals surface area (Å²) in [6, 6.07) is 6.92. The molecule has 1 unspecified atom stereocenters. The largest absolute Gasteiger partial charge is 0.398 e. The van der Waals surface area contributed by atoms with Crippen molar-refractivity contribution in [3.05, 3.63) is 29.8 Å². The average Bonchev–Trinajstić information content (AvgIpc) is 2.18. The Morgan fingerprint density at radius 2 is 1.93 bits per heavy atom. The number of carbonyl (C=O) groups excluding carboxylic acids is 2. The molecule has 1 aromatic rings. The van der Waals surface area contributed by atoms with E-state index in [1.807, 2.05) is 0 Å². The van der Waals surface area contributed by atoms with Gasteiger partial charge in [-0.2, -0.15) is 0 Å². The third-order valence-corrected chi connectivity index (χ3v) is 2.45. The van der Waals surface area contributed by atoms with Gasteiger partial charge >= 0.3 is 0 Å². The predicted molar refractivity (Wildman–Crippen MR) is 59.6 cm³/mol. The molecule has 0 spiro atoms. The first-order valence-corrected chi connectivity index (χ1v) is 4.90. The molecular weight excluding hydrogens is 190 g/mol. The Balaban J connectivity index is 2.78. The summed E-state index contributed by atoms with van der Waals surface area (Å²) >= 11 is 0. The average molecular weight is 205 g/mol. The van der Waals surface area contributed by atoms with Crippen LogP contribution in [0.2, 0.25) is 0 Å². The molecule has 0 amide bonds. The Morgan fingerprint density at radius 3 is 2.47 bits per heavy atom. The molecule has 0 fully saturated rings. The SMILES string of the molecule is CC(=O)C(C)CC(=O)c1ccccc1N. The van der Waals surface area contributed by atoms with Crippen molar-refractivity contribution < 1.29 is 9.59 Å². The number of anilines is 1. The third kappa shape index (κ3) is 2.91. The van der Waals surface area contributed by atoms with Crippen molar-refractivity contribution >= 4 is 17.3 Å². The molecule has 15 heavy (non-hydrogen) atoms. The van der Waals surface area contributed by atoms with Gasteiger partial charge in [-0.05, 0) is 19.1 Å². The number of Topliss-reactive ketones (excluding diaryl/α,β-unsaturated/α-hetero) is 2. The van der Waals surface area contributed by atoms with Gasteiger partial charge < -0.3 is 5.73 Å². The molecule has 1 atom stereocenters. The second-order valence-electron chi connectivity index (χ2n) is 3.73. The van der Waals surface area contributed by atoms with Gasteiger partial charge in [0, 0.05) is 23.6 Å². The summed E-state index contributed by atoms with van der Waals surface area (Å²) in [5, 5.41) is 0. The number of hydrogen-bond acceptors (Lipinski definition) is 3. The lowest BCUT2D eigenvalue weighted by molar-refractivity contribution is -0.120. The predicted octanol–water partition coefficient (Wildman–Crippen LogP) is 2.07. The van der Waals surface area contributed by atoms with Crippen LogP contribution in [0.25, 0.3) is 0 Å². The maximum atomic E-state index is 11.7. The van der Waals surface area contributed by atoms with Crippen molar-refractivity contribution in [1.82, 2.24) is 0 Å². The van der Waals surface area contributed by atoms with Crippen molar-refractivity contribution in [1.29, 1.82) is 0 Å². The van der Waals surface area contributed by atoms with Gasteiger partial charge in [-0.3, -0.25) is 9.59 Å². The molecule has 0 radical (unpaired) electrons.